The van der Waals surface area contributed by atoms with Crippen molar-refractivity contribution in [1.82, 2.24) is 35.1 Å². The standard InChI is InChI=1S/C19H14FN9O4/c20-10-6-24-29-13(18(32)27-19-22-8-23-28-19)4-12(26-16(10)29)17(31)21-5-9-1-2-14-11(3-9)25-15(30)7-33-14/h1-4,6,8H,5,7H2,(H,21,31)(H,25,30)(H2,22,23,27,28,32). The van der Waals surface area contributed by atoms with Gasteiger partial charge in [-0.2, -0.15) is 15.2 Å². The highest BCUT2D eigenvalue weighted by molar-refractivity contribution is 6.04. The number of amides is 3. The maximum atomic E-state index is 14.2. The molecule has 33 heavy (non-hydrogen) atoms. The van der Waals surface area contributed by atoms with Crippen LogP contribution in [0.4, 0.5) is 16.0 Å². The van der Waals surface area contributed by atoms with Crippen LogP contribution in [-0.2, 0) is 11.3 Å². The number of fused-ring (bicyclic) bond motifs is 2. The minimum absolute atomic E-state index is 0.0608. The zero-order valence-corrected chi connectivity index (χ0v) is 16.6. The second-order valence-electron chi connectivity index (χ2n) is 6.89. The Morgan fingerprint density at radius 3 is 2.94 bits per heavy atom. The van der Waals surface area contributed by atoms with Gasteiger partial charge in [-0.05, 0) is 17.7 Å². The monoisotopic (exact) mass is 451 g/mol. The molecule has 0 fully saturated rings. The fraction of sp³-hybridized carbons (Fsp3) is 0.105. The molecule has 14 heteroatoms. The van der Waals surface area contributed by atoms with Crippen LogP contribution in [0.2, 0.25) is 0 Å². The van der Waals surface area contributed by atoms with Gasteiger partial charge in [0.1, 0.15) is 23.5 Å². The highest BCUT2D eigenvalue weighted by Gasteiger charge is 2.21. The van der Waals surface area contributed by atoms with Gasteiger partial charge < -0.3 is 15.4 Å². The fourth-order valence-corrected chi connectivity index (χ4v) is 3.16. The minimum Gasteiger partial charge on any atom is -0.482 e. The molecule has 4 N–H and O–H groups in total. The lowest BCUT2D eigenvalue weighted by Crippen LogP contribution is -2.27. The number of aromatic amines is 1. The predicted octanol–water partition coefficient (Wildman–Crippen LogP) is 0.500. The molecule has 0 unspecified atom stereocenters. The van der Waals surface area contributed by atoms with Gasteiger partial charge in [0, 0.05) is 12.6 Å². The molecular weight excluding hydrogens is 437 g/mol. The molecule has 166 valence electrons. The van der Waals surface area contributed by atoms with Crippen molar-refractivity contribution >= 4 is 35.0 Å². The number of benzene rings is 1. The summed E-state index contributed by atoms with van der Waals surface area (Å²) in [5.41, 5.74) is 0.537. The largest absolute Gasteiger partial charge is 0.482 e. The van der Waals surface area contributed by atoms with E-state index in [9.17, 15) is 18.8 Å². The Bertz CT molecular complexity index is 1400. The fourth-order valence-electron chi connectivity index (χ4n) is 3.16. The Balaban J connectivity index is 1.38. The Labute approximate surface area is 183 Å². The van der Waals surface area contributed by atoms with Crippen LogP contribution in [0.15, 0.2) is 36.8 Å². The number of halogens is 1. The normalized spacial score (nSPS) is 12.6. The van der Waals surface area contributed by atoms with E-state index >= 15 is 0 Å². The molecule has 1 aromatic carbocycles. The van der Waals surface area contributed by atoms with Crippen molar-refractivity contribution in [2.75, 3.05) is 17.2 Å². The number of rotatable bonds is 5. The van der Waals surface area contributed by atoms with Crippen LogP contribution < -0.4 is 20.7 Å². The van der Waals surface area contributed by atoms with Crippen LogP contribution in [0, 0.1) is 5.82 Å². The first-order chi connectivity index (χ1) is 16.0. The number of carbonyl (C=O) groups excluding carboxylic acids is 3. The number of anilines is 2. The molecule has 4 aromatic rings. The topological polar surface area (TPSA) is 168 Å². The molecule has 0 bridgehead atoms. The van der Waals surface area contributed by atoms with Gasteiger partial charge in [-0.15, -0.1) is 0 Å². The number of nitrogens with one attached hydrogen (secondary N) is 4. The lowest BCUT2D eigenvalue weighted by Gasteiger charge is -2.18. The summed E-state index contributed by atoms with van der Waals surface area (Å²) in [4.78, 5) is 44.7. The van der Waals surface area contributed by atoms with E-state index in [1.54, 1.807) is 18.2 Å². The summed E-state index contributed by atoms with van der Waals surface area (Å²) in [6, 6.07) is 6.24. The number of hydrogen-bond acceptors (Lipinski definition) is 8. The molecule has 0 saturated carbocycles. The number of ether oxygens (including phenoxy) is 1. The van der Waals surface area contributed by atoms with E-state index in [4.69, 9.17) is 4.74 Å². The molecule has 0 aliphatic carbocycles. The molecule has 4 heterocycles. The second kappa shape index (κ2) is 7.99. The number of hydrogen-bond donors (Lipinski definition) is 4. The van der Waals surface area contributed by atoms with Crippen molar-refractivity contribution in [3.05, 3.63) is 59.6 Å². The maximum absolute atomic E-state index is 14.2. The van der Waals surface area contributed by atoms with Crippen LogP contribution in [-0.4, -0.2) is 54.1 Å². The summed E-state index contributed by atoms with van der Waals surface area (Å²) < 4.78 is 20.4. The molecule has 3 amide bonds. The van der Waals surface area contributed by atoms with Crippen molar-refractivity contribution in [1.29, 1.82) is 0 Å². The predicted molar refractivity (Wildman–Crippen MR) is 109 cm³/mol. The maximum Gasteiger partial charge on any atom is 0.276 e. The van der Waals surface area contributed by atoms with E-state index in [2.05, 4.69) is 41.2 Å². The third kappa shape index (κ3) is 3.91. The van der Waals surface area contributed by atoms with Crippen molar-refractivity contribution < 1.29 is 23.5 Å². The average molecular weight is 451 g/mol. The van der Waals surface area contributed by atoms with Gasteiger partial charge in [0.2, 0.25) is 5.95 Å². The van der Waals surface area contributed by atoms with Gasteiger partial charge in [0.15, 0.2) is 18.1 Å². The van der Waals surface area contributed by atoms with Crippen LogP contribution in [0.3, 0.4) is 0 Å². The Morgan fingerprint density at radius 1 is 1.24 bits per heavy atom. The molecule has 13 nitrogen and oxygen atoms in total. The van der Waals surface area contributed by atoms with E-state index in [0.29, 0.717) is 17.0 Å². The summed E-state index contributed by atoms with van der Waals surface area (Å²) in [6.45, 7) is 0.0188. The zero-order chi connectivity index (χ0) is 22.9. The molecule has 0 atom stereocenters. The Hall–Kier alpha value is -4.88. The van der Waals surface area contributed by atoms with Crippen molar-refractivity contribution in [3.63, 3.8) is 0 Å². The van der Waals surface area contributed by atoms with Crippen LogP contribution in [0.5, 0.6) is 5.75 Å². The van der Waals surface area contributed by atoms with Crippen molar-refractivity contribution in [2.24, 2.45) is 0 Å². The van der Waals surface area contributed by atoms with E-state index in [1.807, 2.05) is 0 Å². The highest BCUT2D eigenvalue weighted by Crippen LogP contribution is 2.28. The molecule has 1 aliphatic heterocycles. The van der Waals surface area contributed by atoms with E-state index < -0.39 is 17.6 Å². The van der Waals surface area contributed by atoms with Crippen molar-refractivity contribution in [3.8, 4) is 5.75 Å². The quantitative estimate of drug-likeness (QED) is 0.340. The lowest BCUT2D eigenvalue weighted by molar-refractivity contribution is -0.118. The van der Waals surface area contributed by atoms with E-state index in [0.717, 1.165) is 10.7 Å². The van der Waals surface area contributed by atoms with Gasteiger partial charge >= 0.3 is 0 Å². The molecule has 0 radical (unpaired) electrons. The highest BCUT2D eigenvalue weighted by atomic mass is 19.1. The lowest BCUT2D eigenvalue weighted by atomic mass is 10.1. The summed E-state index contributed by atoms with van der Waals surface area (Å²) in [6.07, 6.45) is 2.08. The van der Waals surface area contributed by atoms with Gasteiger partial charge in [-0.3, -0.25) is 19.7 Å². The first kappa shape index (κ1) is 20.0. The summed E-state index contributed by atoms with van der Waals surface area (Å²) in [7, 11) is 0. The summed E-state index contributed by atoms with van der Waals surface area (Å²) in [5, 5.41) is 17.7. The summed E-state index contributed by atoms with van der Waals surface area (Å²) in [5.74, 6) is -1.85. The molecule has 0 spiro atoms. The van der Waals surface area contributed by atoms with Gasteiger partial charge in [0.25, 0.3) is 17.7 Å². The zero-order valence-electron chi connectivity index (χ0n) is 16.6. The van der Waals surface area contributed by atoms with Crippen molar-refractivity contribution in [2.45, 2.75) is 6.54 Å². The number of carbonyl (C=O) groups is 3. The van der Waals surface area contributed by atoms with Gasteiger partial charge in [-0.1, -0.05) is 6.07 Å². The Kier molecular flexibility index (Phi) is 4.85. The van der Waals surface area contributed by atoms with Crippen LogP contribution in [0.1, 0.15) is 26.5 Å². The average Bonchev–Trinajstić information content (AvgIpc) is 3.46. The summed E-state index contributed by atoms with van der Waals surface area (Å²) >= 11 is 0. The van der Waals surface area contributed by atoms with Crippen LogP contribution >= 0.6 is 0 Å². The molecule has 3 aromatic heterocycles. The molecule has 1 aliphatic rings. The van der Waals surface area contributed by atoms with E-state index in [1.165, 1.54) is 12.4 Å². The minimum atomic E-state index is -0.802. The third-order valence-corrected chi connectivity index (χ3v) is 4.67. The first-order valence-electron chi connectivity index (χ1n) is 9.53. The smallest absolute Gasteiger partial charge is 0.276 e. The van der Waals surface area contributed by atoms with Gasteiger partial charge in [-0.25, -0.2) is 19.0 Å². The van der Waals surface area contributed by atoms with Gasteiger partial charge in [0.05, 0.1) is 11.9 Å². The Morgan fingerprint density at radius 2 is 2.12 bits per heavy atom. The van der Waals surface area contributed by atoms with E-state index in [-0.39, 0.29) is 42.0 Å². The molecular formula is C19H14FN9O4. The first-order valence-corrected chi connectivity index (χ1v) is 9.53. The molecule has 5 rings (SSSR count). The second-order valence-corrected chi connectivity index (χ2v) is 6.89. The number of aromatic nitrogens is 6. The number of nitrogens with zero attached hydrogens (tertiary/aromatic N) is 5. The SMILES string of the molecule is O=C1COc2ccc(CNC(=O)c3cc(C(=O)Nc4ncn[nH]4)n4ncc(F)c4n3)cc2N1. The third-order valence-electron chi connectivity index (χ3n) is 4.67. The molecule has 0 saturated heterocycles. The number of H-pyrrole nitrogens is 1. The van der Waals surface area contributed by atoms with Crippen LogP contribution in [0.25, 0.3) is 5.65 Å².